The van der Waals surface area contributed by atoms with E-state index in [-0.39, 0.29) is 12.1 Å². The molecule has 1 aromatic carbocycles. The average molecular weight is 348 g/mol. The molecular formula is C17H17FN2O5. The average Bonchev–Trinajstić information content (AvgIpc) is 3.16. The third-order valence-electron chi connectivity index (χ3n) is 4.12. The lowest BCUT2D eigenvalue weighted by Crippen LogP contribution is -2.42. The van der Waals surface area contributed by atoms with Crippen LogP contribution in [0.15, 0.2) is 40.1 Å². The standard InChI is InChI=1S/C17H17FN2O5/c1-24-16(22)12-6-3-2-5-11(12)9-20-15(21)13(18)10-19(17(20)23)14-7-4-8-25-14/h2-3,5-6,10,14H,4,7-9H2,1H3. The van der Waals surface area contributed by atoms with Gasteiger partial charge in [-0.3, -0.25) is 13.9 Å². The molecule has 1 aromatic heterocycles. The van der Waals surface area contributed by atoms with Gasteiger partial charge in [-0.25, -0.2) is 9.59 Å². The second-order valence-corrected chi connectivity index (χ2v) is 5.67. The van der Waals surface area contributed by atoms with Crippen molar-refractivity contribution in [3.8, 4) is 0 Å². The number of hydrogen-bond donors (Lipinski definition) is 0. The van der Waals surface area contributed by atoms with Crippen LogP contribution >= 0.6 is 0 Å². The highest BCUT2D eigenvalue weighted by molar-refractivity contribution is 5.90. The summed E-state index contributed by atoms with van der Waals surface area (Å²) in [5, 5.41) is 0. The first-order chi connectivity index (χ1) is 12.0. The van der Waals surface area contributed by atoms with Gasteiger partial charge in [-0.1, -0.05) is 18.2 Å². The summed E-state index contributed by atoms with van der Waals surface area (Å²) < 4.78 is 26.0. The minimum atomic E-state index is -1.05. The van der Waals surface area contributed by atoms with Crippen LogP contribution in [0.1, 0.15) is 35.0 Å². The Hall–Kier alpha value is -2.74. The monoisotopic (exact) mass is 348 g/mol. The van der Waals surface area contributed by atoms with E-state index in [1.807, 2.05) is 0 Å². The van der Waals surface area contributed by atoms with Gasteiger partial charge in [0.2, 0.25) is 5.82 Å². The van der Waals surface area contributed by atoms with E-state index in [0.717, 1.165) is 21.8 Å². The minimum absolute atomic E-state index is 0.212. The van der Waals surface area contributed by atoms with E-state index < -0.39 is 29.3 Å². The maximum absolute atomic E-state index is 14.1. The van der Waals surface area contributed by atoms with Crippen molar-refractivity contribution >= 4 is 5.97 Å². The largest absolute Gasteiger partial charge is 0.465 e. The van der Waals surface area contributed by atoms with Crippen LogP contribution in [0.3, 0.4) is 0 Å². The lowest BCUT2D eigenvalue weighted by atomic mass is 10.1. The molecule has 1 atom stereocenters. The van der Waals surface area contributed by atoms with Crippen LogP contribution in [-0.4, -0.2) is 28.8 Å². The molecule has 1 aliphatic rings. The lowest BCUT2D eigenvalue weighted by Gasteiger charge is -2.16. The van der Waals surface area contributed by atoms with Gasteiger partial charge in [0.05, 0.1) is 25.4 Å². The Bertz CT molecular complexity index is 912. The SMILES string of the molecule is COC(=O)c1ccccc1Cn1c(=O)c(F)cn(C2CCCO2)c1=O. The van der Waals surface area contributed by atoms with Gasteiger partial charge in [0, 0.05) is 6.61 Å². The fraction of sp³-hybridized carbons (Fsp3) is 0.353. The van der Waals surface area contributed by atoms with Crippen LogP contribution in [0.2, 0.25) is 0 Å². The lowest BCUT2D eigenvalue weighted by molar-refractivity contribution is 0.0503. The highest BCUT2D eigenvalue weighted by atomic mass is 19.1. The molecule has 3 rings (SSSR count). The van der Waals surface area contributed by atoms with Gasteiger partial charge in [0.25, 0.3) is 5.56 Å². The Morgan fingerprint density at radius 1 is 1.36 bits per heavy atom. The predicted octanol–water partition coefficient (Wildman–Crippen LogP) is 1.29. The molecule has 0 aliphatic carbocycles. The molecule has 0 saturated carbocycles. The number of benzene rings is 1. The van der Waals surface area contributed by atoms with Gasteiger partial charge in [-0.2, -0.15) is 4.39 Å². The molecule has 1 unspecified atom stereocenters. The summed E-state index contributed by atoms with van der Waals surface area (Å²) in [4.78, 5) is 36.6. The van der Waals surface area contributed by atoms with Crippen LogP contribution in [0, 0.1) is 5.82 Å². The quantitative estimate of drug-likeness (QED) is 0.778. The Labute approximate surface area is 142 Å². The van der Waals surface area contributed by atoms with Gasteiger partial charge in [0.1, 0.15) is 6.23 Å². The number of halogens is 1. The summed E-state index contributed by atoms with van der Waals surface area (Å²) in [5.41, 5.74) is -1.13. The first-order valence-electron chi connectivity index (χ1n) is 7.82. The van der Waals surface area contributed by atoms with Gasteiger partial charge >= 0.3 is 11.7 Å². The number of nitrogens with zero attached hydrogens (tertiary/aromatic N) is 2. The van der Waals surface area contributed by atoms with E-state index in [4.69, 9.17) is 9.47 Å². The van der Waals surface area contributed by atoms with Crippen molar-refractivity contribution in [1.29, 1.82) is 0 Å². The number of ether oxygens (including phenoxy) is 2. The zero-order valence-corrected chi connectivity index (χ0v) is 13.6. The number of hydrogen-bond acceptors (Lipinski definition) is 5. The van der Waals surface area contributed by atoms with E-state index in [0.29, 0.717) is 18.6 Å². The number of aromatic nitrogens is 2. The molecule has 1 saturated heterocycles. The molecule has 1 fully saturated rings. The van der Waals surface area contributed by atoms with E-state index in [2.05, 4.69) is 0 Å². The molecule has 0 radical (unpaired) electrons. The summed E-state index contributed by atoms with van der Waals surface area (Å²) >= 11 is 0. The first-order valence-corrected chi connectivity index (χ1v) is 7.82. The van der Waals surface area contributed by atoms with E-state index in [1.165, 1.54) is 13.2 Å². The summed E-state index contributed by atoms with van der Waals surface area (Å²) in [5.74, 6) is -1.65. The van der Waals surface area contributed by atoms with Crippen LogP contribution < -0.4 is 11.2 Å². The van der Waals surface area contributed by atoms with Gasteiger partial charge in [-0.05, 0) is 24.5 Å². The molecular weight excluding hydrogens is 331 g/mol. The fourth-order valence-corrected chi connectivity index (χ4v) is 2.85. The van der Waals surface area contributed by atoms with E-state index in [1.54, 1.807) is 18.2 Å². The third kappa shape index (κ3) is 3.25. The zero-order chi connectivity index (χ0) is 18.0. The highest BCUT2D eigenvalue weighted by Crippen LogP contribution is 2.20. The van der Waals surface area contributed by atoms with Crippen molar-refractivity contribution in [1.82, 2.24) is 9.13 Å². The highest BCUT2D eigenvalue weighted by Gasteiger charge is 2.23. The molecule has 7 nitrogen and oxygen atoms in total. The maximum atomic E-state index is 14.1. The number of methoxy groups -OCH3 is 1. The van der Waals surface area contributed by atoms with Crippen LogP contribution in [0.4, 0.5) is 4.39 Å². The van der Waals surface area contributed by atoms with Crippen molar-refractivity contribution in [3.63, 3.8) is 0 Å². The van der Waals surface area contributed by atoms with Crippen molar-refractivity contribution < 1.29 is 18.7 Å². The molecule has 0 bridgehead atoms. The van der Waals surface area contributed by atoms with Crippen LogP contribution in [-0.2, 0) is 16.0 Å². The third-order valence-corrected chi connectivity index (χ3v) is 4.12. The Morgan fingerprint density at radius 3 is 2.80 bits per heavy atom. The molecule has 132 valence electrons. The molecule has 2 heterocycles. The number of rotatable bonds is 4. The van der Waals surface area contributed by atoms with Gasteiger partial charge in [-0.15, -0.1) is 0 Å². The van der Waals surface area contributed by atoms with Gasteiger partial charge in [0.15, 0.2) is 0 Å². The summed E-state index contributed by atoms with van der Waals surface area (Å²) in [6.07, 6.45) is 1.60. The predicted molar refractivity (Wildman–Crippen MR) is 86.0 cm³/mol. The van der Waals surface area contributed by atoms with Crippen LogP contribution in [0.5, 0.6) is 0 Å². The fourth-order valence-electron chi connectivity index (χ4n) is 2.85. The van der Waals surface area contributed by atoms with E-state index in [9.17, 15) is 18.8 Å². The first kappa shape index (κ1) is 17.1. The summed E-state index contributed by atoms with van der Waals surface area (Å²) in [6, 6.07) is 6.39. The second-order valence-electron chi connectivity index (χ2n) is 5.67. The molecule has 8 heteroatoms. The summed E-state index contributed by atoms with van der Waals surface area (Å²) in [7, 11) is 1.23. The number of esters is 1. The van der Waals surface area contributed by atoms with Gasteiger partial charge < -0.3 is 9.47 Å². The summed E-state index contributed by atoms with van der Waals surface area (Å²) in [6.45, 7) is 0.233. The topological polar surface area (TPSA) is 79.5 Å². The van der Waals surface area contributed by atoms with E-state index >= 15 is 0 Å². The Morgan fingerprint density at radius 2 is 2.12 bits per heavy atom. The molecule has 0 spiro atoms. The van der Waals surface area contributed by atoms with Crippen LogP contribution in [0.25, 0.3) is 0 Å². The smallest absolute Gasteiger partial charge is 0.338 e. The normalized spacial score (nSPS) is 16.8. The maximum Gasteiger partial charge on any atom is 0.338 e. The molecule has 0 N–H and O–H groups in total. The van der Waals surface area contributed by atoms with Crippen molar-refractivity contribution in [2.75, 3.05) is 13.7 Å². The second kappa shape index (κ2) is 7.02. The molecule has 1 aliphatic heterocycles. The van der Waals surface area contributed by atoms with Crippen molar-refractivity contribution in [2.24, 2.45) is 0 Å². The molecule has 0 amide bonds. The molecule has 25 heavy (non-hydrogen) atoms. The Kier molecular flexibility index (Phi) is 4.80. The molecule has 2 aromatic rings. The van der Waals surface area contributed by atoms with Crippen molar-refractivity contribution in [2.45, 2.75) is 25.6 Å². The Balaban J connectivity index is 2.08. The zero-order valence-electron chi connectivity index (χ0n) is 13.6. The van der Waals surface area contributed by atoms with Crippen molar-refractivity contribution in [3.05, 3.63) is 68.2 Å². The minimum Gasteiger partial charge on any atom is -0.465 e. The number of carbonyl (C=O) groups is 1. The number of carbonyl (C=O) groups excluding carboxylic acids is 1.